The molecule has 1 aliphatic rings. The minimum Gasteiger partial charge on any atom is -0.398 e. The lowest BCUT2D eigenvalue weighted by Gasteiger charge is -2.06. The molecule has 1 aromatic carbocycles. The summed E-state index contributed by atoms with van der Waals surface area (Å²) < 4.78 is 5.11. The number of nitrogens with one attached hydrogen (secondary N) is 1. The Balaban J connectivity index is 1.89. The van der Waals surface area contributed by atoms with Crippen molar-refractivity contribution in [1.82, 2.24) is 9.36 Å². The number of rotatable bonds is 3. The van der Waals surface area contributed by atoms with Gasteiger partial charge in [0.2, 0.25) is 5.91 Å². The van der Waals surface area contributed by atoms with Crippen LogP contribution in [0.4, 0.5) is 11.4 Å². The summed E-state index contributed by atoms with van der Waals surface area (Å²) in [6.07, 6.45) is 1.23. The molecule has 98 valence electrons. The lowest BCUT2D eigenvalue weighted by atomic mass is 10.1. The number of hydrogen-bond donors (Lipinski definition) is 2. The van der Waals surface area contributed by atoms with Crippen molar-refractivity contribution in [1.29, 1.82) is 0 Å². The molecule has 1 aromatic heterocycles. The highest BCUT2D eigenvalue weighted by molar-refractivity contribution is 8.01. The third-order valence-electron chi connectivity index (χ3n) is 2.82. The predicted molar refractivity (Wildman–Crippen MR) is 76.6 cm³/mol. The smallest absolute Gasteiger partial charge is 0.228 e. The van der Waals surface area contributed by atoms with Crippen molar-refractivity contribution in [2.75, 3.05) is 11.1 Å². The fraction of sp³-hybridized carbons (Fsp3) is 0.250. The molecule has 3 rings (SSSR count). The van der Waals surface area contributed by atoms with E-state index in [1.54, 1.807) is 0 Å². The molecule has 0 bridgehead atoms. The highest BCUT2D eigenvalue weighted by Crippen LogP contribution is 2.38. The first kappa shape index (κ1) is 12.4. The predicted octanol–water partition coefficient (Wildman–Crippen LogP) is 2.33. The average molecular weight is 292 g/mol. The van der Waals surface area contributed by atoms with E-state index in [-0.39, 0.29) is 5.91 Å². The molecule has 19 heavy (non-hydrogen) atoms. The van der Waals surface area contributed by atoms with Gasteiger partial charge in [0.1, 0.15) is 5.82 Å². The summed E-state index contributed by atoms with van der Waals surface area (Å²) >= 11 is 2.86. The Labute approximate surface area is 118 Å². The van der Waals surface area contributed by atoms with E-state index in [2.05, 4.69) is 14.7 Å². The van der Waals surface area contributed by atoms with Crippen LogP contribution in [0.2, 0.25) is 0 Å². The van der Waals surface area contributed by atoms with Gasteiger partial charge in [-0.25, -0.2) is 4.98 Å². The number of nitrogen functional groups attached to an aromatic ring is 1. The number of nitrogens with zero attached hydrogens (tertiary/aromatic N) is 2. The second-order valence-corrected chi connectivity index (χ2v) is 6.25. The lowest BCUT2D eigenvalue weighted by Crippen LogP contribution is -2.03. The van der Waals surface area contributed by atoms with Crippen LogP contribution in [0.5, 0.6) is 0 Å². The summed E-state index contributed by atoms with van der Waals surface area (Å²) in [5.74, 6) is 0.862. The van der Waals surface area contributed by atoms with Gasteiger partial charge in [-0.3, -0.25) is 4.79 Å². The number of fused-ring (bicyclic) bond motifs is 1. The van der Waals surface area contributed by atoms with Crippen molar-refractivity contribution in [2.24, 2.45) is 0 Å². The van der Waals surface area contributed by atoms with Gasteiger partial charge < -0.3 is 11.1 Å². The van der Waals surface area contributed by atoms with Crippen LogP contribution in [0.3, 0.4) is 0 Å². The zero-order valence-corrected chi connectivity index (χ0v) is 11.9. The van der Waals surface area contributed by atoms with Gasteiger partial charge in [-0.1, -0.05) is 18.7 Å². The molecule has 0 saturated heterocycles. The second kappa shape index (κ2) is 4.82. The number of benzene rings is 1. The molecule has 0 atom stereocenters. The van der Waals surface area contributed by atoms with E-state index in [9.17, 15) is 4.79 Å². The Morgan fingerprint density at radius 1 is 1.53 bits per heavy atom. The Bertz CT molecular complexity index is 653. The molecule has 2 aromatic rings. The first-order valence-corrected chi connectivity index (χ1v) is 7.47. The molecule has 0 saturated carbocycles. The zero-order chi connectivity index (χ0) is 13.4. The zero-order valence-electron chi connectivity index (χ0n) is 10.3. The van der Waals surface area contributed by atoms with Gasteiger partial charge in [0.25, 0.3) is 0 Å². The maximum atomic E-state index is 11.3. The fourth-order valence-corrected chi connectivity index (χ4v) is 3.60. The molecule has 0 unspecified atom stereocenters. The molecule has 1 aliphatic heterocycles. The maximum Gasteiger partial charge on any atom is 0.228 e. The van der Waals surface area contributed by atoms with E-state index in [0.717, 1.165) is 32.7 Å². The lowest BCUT2D eigenvalue weighted by molar-refractivity contribution is -0.115. The highest BCUT2D eigenvalue weighted by atomic mass is 32.2. The fourth-order valence-electron chi connectivity index (χ4n) is 1.88. The molecule has 0 radical (unpaired) electrons. The van der Waals surface area contributed by atoms with E-state index in [1.807, 2.05) is 19.1 Å². The summed E-state index contributed by atoms with van der Waals surface area (Å²) in [4.78, 5) is 16.6. The van der Waals surface area contributed by atoms with E-state index < -0.39 is 0 Å². The molecule has 0 fully saturated rings. The standard InChI is InChI=1S/C12H12N4OS2/c1-2-10-15-12(19-16-10)18-9-5-8-6(3-7(9)13)4-11(17)14-8/h3,5H,2,4,13H2,1H3,(H,14,17). The molecular weight excluding hydrogens is 280 g/mol. The summed E-state index contributed by atoms with van der Waals surface area (Å²) in [7, 11) is 0. The average Bonchev–Trinajstić information content (AvgIpc) is 2.95. The highest BCUT2D eigenvalue weighted by Gasteiger charge is 2.20. The van der Waals surface area contributed by atoms with Crippen molar-refractivity contribution >= 4 is 40.6 Å². The van der Waals surface area contributed by atoms with Crippen molar-refractivity contribution < 1.29 is 4.79 Å². The number of carbonyl (C=O) groups is 1. The van der Waals surface area contributed by atoms with Crippen LogP contribution in [0.15, 0.2) is 21.4 Å². The van der Waals surface area contributed by atoms with E-state index in [1.165, 1.54) is 23.3 Å². The Kier molecular flexibility index (Phi) is 3.16. The summed E-state index contributed by atoms with van der Waals surface area (Å²) in [6, 6.07) is 3.77. The van der Waals surface area contributed by atoms with E-state index >= 15 is 0 Å². The minimum absolute atomic E-state index is 0.0146. The normalized spacial score (nSPS) is 13.4. The van der Waals surface area contributed by atoms with Gasteiger partial charge in [-0.15, -0.1) is 0 Å². The second-order valence-electron chi connectivity index (χ2n) is 4.20. The van der Waals surface area contributed by atoms with Crippen LogP contribution < -0.4 is 11.1 Å². The van der Waals surface area contributed by atoms with Crippen LogP contribution in [0, 0.1) is 0 Å². The van der Waals surface area contributed by atoms with Gasteiger partial charge in [0.15, 0.2) is 4.34 Å². The summed E-state index contributed by atoms with van der Waals surface area (Å²) in [5, 5.41) is 2.83. The Hall–Kier alpha value is -1.60. The Morgan fingerprint density at radius 2 is 2.37 bits per heavy atom. The topological polar surface area (TPSA) is 80.9 Å². The van der Waals surface area contributed by atoms with Crippen LogP contribution in [0.1, 0.15) is 18.3 Å². The third kappa shape index (κ3) is 2.43. The number of hydrogen-bond acceptors (Lipinski definition) is 6. The first-order chi connectivity index (χ1) is 9.15. The van der Waals surface area contributed by atoms with Gasteiger partial charge >= 0.3 is 0 Å². The van der Waals surface area contributed by atoms with Crippen molar-refractivity contribution in [3.05, 3.63) is 23.5 Å². The van der Waals surface area contributed by atoms with Crippen LogP contribution in [0.25, 0.3) is 0 Å². The van der Waals surface area contributed by atoms with Crippen LogP contribution >= 0.6 is 23.3 Å². The number of aromatic nitrogens is 2. The number of amides is 1. The number of nitrogens with two attached hydrogens (primary N) is 1. The summed E-state index contributed by atoms with van der Waals surface area (Å²) in [5.41, 5.74) is 8.50. The van der Waals surface area contributed by atoms with E-state index in [4.69, 9.17) is 5.73 Å². The molecule has 0 aliphatic carbocycles. The molecule has 1 amide bonds. The van der Waals surface area contributed by atoms with Crippen molar-refractivity contribution in [3.8, 4) is 0 Å². The number of aryl methyl sites for hydroxylation is 1. The van der Waals surface area contributed by atoms with Crippen molar-refractivity contribution in [2.45, 2.75) is 29.0 Å². The third-order valence-corrected chi connectivity index (χ3v) is 4.69. The first-order valence-electron chi connectivity index (χ1n) is 5.88. The SMILES string of the molecule is CCc1nsc(Sc2cc3c(cc2N)CC(=O)N3)n1. The molecule has 0 spiro atoms. The largest absolute Gasteiger partial charge is 0.398 e. The number of anilines is 2. The van der Waals surface area contributed by atoms with Crippen molar-refractivity contribution in [3.63, 3.8) is 0 Å². The van der Waals surface area contributed by atoms with Gasteiger partial charge in [-0.2, -0.15) is 4.37 Å². The molecule has 3 N–H and O–H groups in total. The van der Waals surface area contributed by atoms with Gasteiger partial charge in [-0.05, 0) is 29.2 Å². The monoisotopic (exact) mass is 292 g/mol. The van der Waals surface area contributed by atoms with Gasteiger partial charge in [0.05, 0.1) is 6.42 Å². The molecular formula is C12H12N4OS2. The quantitative estimate of drug-likeness (QED) is 0.849. The van der Waals surface area contributed by atoms with Gasteiger partial charge in [0, 0.05) is 22.7 Å². The Morgan fingerprint density at radius 3 is 3.11 bits per heavy atom. The van der Waals surface area contributed by atoms with Crippen LogP contribution in [-0.2, 0) is 17.6 Å². The molecule has 5 nitrogen and oxygen atoms in total. The number of carbonyl (C=O) groups excluding carboxylic acids is 1. The minimum atomic E-state index is 0.0146. The van der Waals surface area contributed by atoms with E-state index in [0.29, 0.717) is 12.1 Å². The molecule has 2 heterocycles. The maximum absolute atomic E-state index is 11.3. The summed E-state index contributed by atoms with van der Waals surface area (Å²) in [6.45, 7) is 2.02. The van der Waals surface area contributed by atoms with Crippen LogP contribution in [-0.4, -0.2) is 15.3 Å². The molecule has 7 heteroatoms.